The Balaban J connectivity index is 2.20. The van der Waals surface area contributed by atoms with E-state index in [9.17, 15) is 17.6 Å². The van der Waals surface area contributed by atoms with Crippen molar-refractivity contribution in [2.24, 2.45) is 11.7 Å². The maximum Gasteiger partial charge on any atom is 0.319 e. The van der Waals surface area contributed by atoms with Crippen LogP contribution in [0.25, 0.3) is 0 Å². The van der Waals surface area contributed by atoms with Crippen molar-refractivity contribution in [1.82, 2.24) is 5.32 Å². The van der Waals surface area contributed by atoms with Crippen LogP contribution in [-0.2, 0) is 0 Å². The van der Waals surface area contributed by atoms with E-state index in [1.165, 1.54) is 0 Å². The van der Waals surface area contributed by atoms with Gasteiger partial charge in [0.05, 0.1) is 6.54 Å². The molecule has 0 aromatic rings. The molecule has 2 nitrogen and oxygen atoms in total. The van der Waals surface area contributed by atoms with E-state index in [4.69, 9.17) is 5.73 Å². The van der Waals surface area contributed by atoms with E-state index in [0.717, 1.165) is 25.7 Å². The molecule has 0 heterocycles. The fourth-order valence-corrected chi connectivity index (χ4v) is 2.04. The van der Waals surface area contributed by atoms with Gasteiger partial charge in [0.15, 0.2) is 0 Å². The Bertz CT molecular complexity index is 211. The van der Waals surface area contributed by atoms with Gasteiger partial charge in [-0.05, 0) is 31.7 Å². The minimum Gasteiger partial charge on any atom is -0.328 e. The fraction of sp³-hybridized carbons (Fsp3) is 1.00. The lowest BCUT2D eigenvalue weighted by molar-refractivity contribution is -0.125. The quantitative estimate of drug-likeness (QED) is 0.724. The zero-order valence-corrected chi connectivity index (χ0v) is 9.06. The summed E-state index contributed by atoms with van der Waals surface area (Å²) in [5.74, 6) is -3.70. The molecule has 0 saturated heterocycles. The maximum absolute atomic E-state index is 12.5. The molecule has 0 radical (unpaired) electrons. The molecular weight excluding hydrogens is 224 g/mol. The van der Waals surface area contributed by atoms with Crippen molar-refractivity contribution in [3.63, 3.8) is 0 Å². The fourth-order valence-electron chi connectivity index (χ4n) is 2.04. The van der Waals surface area contributed by atoms with Crippen LogP contribution in [0.15, 0.2) is 0 Å². The van der Waals surface area contributed by atoms with Crippen LogP contribution < -0.4 is 11.1 Å². The van der Waals surface area contributed by atoms with Crippen LogP contribution in [0.5, 0.6) is 0 Å². The van der Waals surface area contributed by atoms with Gasteiger partial charge in [-0.25, -0.2) is 8.78 Å². The van der Waals surface area contributed by atoms with E-state index in [1.54, 1.807) is 0 Å². The Morgan fingerprint density at radius 2 is 2.00 bits per heavy atom. The lowest BCUT2D eigenvalue weighted by Crippen LogP contribution is -2.41. The number of alkyl halides is 4. The predicted octanol–water partition coefficient (Wildman–Crippen LogP) is 1.99. The Hall–Kier alpha value is -0.360. The molecule has 0 amide bonds. The molecule has 0 aromatic heterocycles. The van der Waals surface area contributed by atoms with Crippen LogP contribution in [-0.4, -0.2) is 31.5 Å². The van der Waals surface area contributed by atoms with Crippen LogP contribution in [0.2, 0.25) is 0 Å². The third kappa shape index (κ3) is 4.25. The topological polar surface area (TPSA) is 38.0 Å². The Morgan fingerprint density at radius 1 is 1.31 bits per heavy atom. The molecule has 6 heteroatoms. The molecule has 1 fully saturated rings. The zero-order chi connectivity index (χ0) is 12.2. The predicted molar refractivity (Wildman–Crippen MR) is 53.8 cm³/mol. The van der Waals surface area contributed by atoms with Crippen molar-refractivity contribution in [3.8, 4) is 0 Å². The Morgan fingerprint density at radius 3 is 2.56 bits per heavy atom. The average Bonchev–Trinajstić information content (AvgIpc) is 2.17. The van der Waals surface area contributed by atoms with Gasteiger partial charge in [-0.15, -0.1) is 0 Å². The van der Waals surface area contributed by atoms with Crippen LogP contribution in [0.3, 0.4) is 0 Å². The number of halogens is 4. The minimum absolute atomic E-state index is 0.121. The van der Waals surface area contributed by atoms with Crippen molar-refractivity contribution in [1.29, 1.82) is 0 Å². The highest BCUT2D eigenvalue weighted by atomic mass is 19.3. The standard InChI is InChI=1S/C10H18F4N2/c11-9(12)10(13,14)6-16-5-7-2-1-3-8(15)4-7/h7-9,16H,1-6,15H2. The molecule has 0 bridgehead atoms. The van der Waals surface area contributed by atoms with Crippen molar-refractivity contribution >= 4 is 0 Å². The number of rotatable bonds is 5. The number of hydrogen-bond acceptors (Lipinski definition) is 2. The first kappa shape index (κ1) is 13.7. The highest BCUT2D eigenvalue weighted by Crippen LogP contribution is 2.24. The van der Waals surface area contributed by atoms with Gasteiger partial charge in [0, 0.05) is 6.04 Å². The Kier molecular flexibility index (Phi) is 4.98. The van der Waals surface area contributed by atoms with Crippen LogP contribution in [0.4, 0.5) is 17.6 Å². The van der Waals surface area contributed by atoms with Gasteiger partial charge in [-0.3, -0.25) is 0 Å². The molecule has 96 valence electrons. The molecule has 3 N–H and O–H groups in total. The minimum atomic E-state index is -3.93. The lowest BCUT2D eigenvalue weighted by Gasteiger charge is -2.27. The summed E-state index contributed by atoms with van der Waals surface area (Å²) < 4.78 is 48.7. The molecule has 0 aliphatic heterocycles. The number of hydrogen-bond donors (Lipinski definition) is 2. The highest BCUT2D eigenvalue weighted by Gasteiger charge is 2.40. The van der Waals surface area contributed by atoms with Gasteiger partial charge in [-0.1, -0.05) is 6.42 Å². The summed E-state index contributed by atoms with van der Waals surface area (Å²) in [5, 5.41) is 2.41. The van der Waals surface area contributed by atoms with Crippen LogP contribution >= 0.6 is 0 Å². The molecule has 0 aromatic carbocycles. The zero-order valence-electron chi connectivity index (χ0n) is 9.06. The summed E-state index contributed by atoms with van der Waals surface area (Å²) in [5.41, 5.74) is 5.73. The summed E-state index contributed by atoms with van der Waals surface area (Å²) in [6, 6.07) is 0.121. The maximum atomic E-state index is 12.5. The number of nitrogens with one attached hydrogen (secondary N) is 1. The molecule has 1 rings (SSSR count). The van der Waals surface area contributed by atoms with Gasteiger partial charge in [0.2, 0.25) is 0 Å². The average molecular weight is 242 g/mol. The summed E-state index contributed by atoms with van der Waals surface area (Å²) in [6.07, 6.45) is 0.0602. The van der Waals surface area contributed by atoms with Crippen LogP contribution in [0, 0.1) is 5.92 Å². The first-order chi connectivity index (χ1) is 7.42. The van der Waals surface area contributed by atoms with Crippen molar-refractivity contribution in [2.75, 3.05) is 13.1 Å². The van der Waals surface area contributed by atoms with Gasteiger partial charge in [0.1, 0.15) is 0 Å². The van der Waals surface area contributed by atoms with Gasteiger partial charge < -0.3 is 11.1 Å². The Labute approximate surface area is 92.6 Å². The first-order valence-electron chi connectivity index (χ1n) is 5.54. The van der Waals surface area contributed by atoms with Gasteiger partial charge in [-0.2, -0.15) is 8.78 Å². The summed E-state index contributed by atoms with van der Waals surface area (Å²) in [6.45, 7) is -0.619. The van der Waals surface area contributed by atoms with Gasteiger partial charge >= 0.3 is 12.3 Å². The monoisotopic (exact) mass is 242 g/mol. The van der Waals surface area contributed by atoms with Gasteiger partial charge in [0.25, 0.3) is 0 Å². The summed E-state index contributed by atoms with van der Waals surface area (Å²) in [4.78, 5) is 0. The third-order valence-electron chi connectivity index (χ3n) is 2.94. The number of nitrogens with two attached hydrogens (primary N) is 1. The molecule has 0 spiro atoms. The van der Waals surface area contributed by atoms with E-state index in [0.29, 0.717) is 6.54 Å². The van der Waals surface area contributed by atoms with E-state index < -0.39 is 18.9 Å². The van der Waals surface area contributed by atoms with E-state index in [1.807, 2.05) is 0 Å². The van der Waals surface area contributed by atoms with E-state index in [2.05, 4.69) is 5.32 Å². The second-order valence-corrected chi connectivity index (χ2v) is 4.49. The SMILES string of the molecule is NC1CCCC(CNCC(F)(F)C(F)F)C1. The molecule has 1 aliphatic rings. The smallest absolute Gasteiger partial charge is 0.319 e. The normalized spacial score (nSPS) is 27.4. The molecule has 2 atom stereocenters. The lowest BCUT2D eigenvalue weighted by atomic mass is 9.86. The van der Waals surface area contributed by atoms with E-state index >= 15 is 0 Å². The van der Waals surface area contributed by atoms with Crippen molar-refractivity contribution < 1.29 is 17.6 Å². The third-order valence-corrected chi connectivity index (χ3v) is 2.94. The molecule has 2 unspecified atom stereocenters. The molecular formula is C10H18F4N2. The first-order valence-corrected chi connectivity index (χ1v) is 5.54. The summed E-state index contributed by atoms with van der Waals surface area (Å²) in [7, 11) is 0. The molecule has 16 heavy (non-hydrogen) atoms. The van der Waals surface area contributed by atoms with Crippen LogP contribution in [0.1, 0.15) is 25.7 Å². The van der Waals surface area contributed by atoms with E-state index in [-0.39, 0.29) is 12.0 Å². The largest absolute Gasteiger partial charge is 0.328 e. The summed E-state index contributed by atoms with van der Waals surface area (Å²) >= 11 is 0. The second-order valence-electron chi connectivity index (χ2n) is 4.49. The second kappa shape index (κ2) is 5.82. The molecule has 1 aliphatic carbocycles. The van der Waals surface area contributed by atoms with Crippen molar-refractivity contribution in [2.45, 2.75) is 44.1 Å². The molecule has 1 saturated carbocycles. The van der Waals surface area contributed by atoms with Crippen molar-refractivity contribution in [3.05, 3.63) is 0 Å². The highest BCUT2D eigenvalue weighted by molar-refractivity contribution is 4.78.